The number of likely N-dealkylation sites (N-methyl/N-ethyl adjacent to an activating group) is 1. The van der Waals surface area contributed by atoms with Crippen LogP contribution >= 0.6 is 0 Å². The molecular weight excluding hydrogens is 202 g/mol. The molecule has 1 N–H and O–H groups in total. The lowest BCUT2D eigenvalue weighted by Crippen LogP contribution is -2.51. The molecule has 0 saturated heterocycles. The van der Waals surface area contributed by atoms with Crippen LogP contribution in [0.15, 0.2) is 11.8 Å². The molecule has 0 aliphatic carbocycles. The largest absolute Gasteiger partial charge is 0.496 e. The molecule has 0 aromatic rings. The van der Waals surface area contributed by atoms with E-state index in [1.54, 1.807) is 0 Å². The van der Waals surface area contributed by atoms with Crippen LogP contribution in [0.4, 0.5) is 0 Å². The van der Waals surface area contributed by atoms with Gasteiger partial charge in [-0.25, -0.2) is 0 Å². The predicted molar refractivity (Wildman–Crippen MR) is 66.4 cm³/mol. The van der Waals surface area contributed by atoms with Gasteiger partial charge < -0.3 is 14.8 Å². The van der Waals surface area contributed by atoms with Gasteiger partial charge in [0.25, 0.3) is 0 Å². The molecule has 0 amide bonds. The maximum absolute atomic E-state index is 5.92. The first-order valence-corrected chi connectivity index (χ1v) is 6.38. The summed E-state index contributed by atoms with van der Waals surface area (Å²) in [5.74, 6) is 1.06. The van der Waals surface area contributed by atoms with Crippen LogP contribution in [0.3, 0.4) is 0 Å². The van der Waals surface area contributed by atoms with E-state index in [4.69, 9.17) is 9.47 Å². The summed E-state index contributed by atoms with van der Waals surface area (Å²) in [6.07, 6.45) is 4.17. The first-order valence-electron chi connectivity index (χ1n) is 6.38. The van der Waals surface area contributed by atoms with E-state index in [0.717, 1.165) is 38.4 Å². The lowest BCUT2D eigenvalue weighted by molar-refractivity contribution is -0.0562. The zero-order valence-electron chi connectivity index (χ0n) is 11.0. The topological polar surface area (TPSA) is 30.5 Å². The van der Waals surface area contributed by atoms with Crippen molar-refractivity contribution in [3.8, 4) is 0 Å². The highest BCUT2D eigenvalue weighted by molar-refractivity contribution is 5.13. The average Bonchev–Trinajstić information content (AvgIpc) is 2.79. The van der Waals surface area contributed by atoms with E-state index in [2.05, 4.69) is 32.2 Å². The van der Waals surface area contributed by atoms with Gasteiger partial charge in [-0.15, -0.1) is 0 Å². The van der Waals surface area contributed by atoms with E-state index >= 15 is 0 Å². The summed E-state index contributed by atoms with van der Waals surface area (Å²) >= 11 is 0. The Bertz CT molecular complexity index is 240. The first kappa shape index (κ1) is 13.5. The van der Waals surface area contributed by atoms with Gasteiger partial charge >= 0.3 is 0 Å². The van der Waals surface area contributed by atoms with E-state index in [-0.39, 0.29) is 11.6 Å². The Hall–Kier alpha value is -0.540. The maximum atomic E-state index is 5.92. The Morgan fingerprint density at radius 2 is 2.25 bits per heavy atom. The predicted octanol–water partition coefficient (Wildman–Crippen LogP) is 2.47. The van der Waals surface area contributed by atoms with E-state index in [0.29, 0.717) is 0 Å². The second-order valence-electron chi connectivity index (χ2n) is 4.33. The molecule has 2 atom stereocenters. The van der Waals surface area contributed by atoms with Gasteiger partial charge in [-0.1, -0.05) is 13.8 Å². The van der Waals surface area contributed by atoms with Crippen molar-refractivity contribution in [3.63, 3.8) is 0 Å². The van der Waals surface area contributed by atoms with Gasteiger partial charge in [0.1, 0.15) is 5.76 Å². The molecule has 0 saturated carbocycles. The summed E-state index contributed by atoms with van der Waals surface area (Å²) in [6.45, 7) is 10.9. The number of nitrogens with one attached hydrogen (secondary N) is 1. The van der Waals surface area contributed by atoms with Crippen molar-refractivity contribution in [2.24, 2.45) is 0 Å². The zero-order chi connectivity index (χ0) is 12.0. The third-order valence-corrected chi connectivity index (χ3v) is 3.21. The molecule has 3 heteroatoms. The van der Waals surface area contributed by atoms with Gasteiger partial charge in [0.2, 0.25) is 0 Å². The Labute approximate surface area is 99.2 Å². The van der Waals surface area contributed by atoms with Crippen molar-refractivity contribution in [2.75, 3.05) is 19.8 Å². The summed E-state index contributed by atoms with van der Waals surface area (Å²) in [4.78, 5) is 0. The summed E-state index contributed by atoms with van der Waals surface area (Å²) in [5.41, 5.74) is -0.180. The fourth-order valence-electron chi connectivity index (χ4n) is 2.18. The number of rotatable bonds is 7. The van der Waals surface area contributed by atoms with E-state index in [9.17, 15) is 0 Å². The molecule has 1 heterocycles. The minimum Gasteiger partial charge on any atom is -0.496 e. The SMILES string of the molecule is CCNC(C1=CCCO1)C(C)(CC)OCC. The first-order chi connectivity index (χ1) is 7.68. The molecule has 0 aromatic carbocycles. The summed E-state index contributed by atoms with van der Waals surface area (Å²) in [6, 6.07) is 0.171. The highest BCUT2D eigenvalue weighted by Gasteiger charge is 2.37. The molecule has 1 aliphatic rings. The van der Waals surface area contributed by atoms with E-state index < -0.39 is 0 Å². The molecule has 2 unspecified atom stereocenters. The van der Waals surface area contributed by atoms with Crippen LogP contribution in [0.1, 0.15) is 40.5 Å². The fourth-order valence-corrected chi connectivity index (χ4v) is 2.18. The second-order valence-corrected chi connectivity index (χ2v) is 4.33. The molecule has 16 heavy (non-hydrogen) atoms. The molecule has 0 spiro atoms. The van der Waals surface area contributed by atoms with E-state index in [1.165, 1.54) is 0 Å². The zero-order valence-corrected chi connectivity index (χ0v) is 11.0. The Balaban J connectivity index is 2.80. The molecule has 0 fully saturated rings. The van der Waals surface area contributed by atoms with Crippen molar-refractivity contribution in [1.82, 2.24) is 5.32 Å². The fraction of sp³-hybridized carbons (Fsp3) is 0.846. The minimum absolute atomic E-state index is 0.171. The Morgan fingerprint density at radius 1 is 1.50 bits per heavy atom. The molecule has 0 bridgehead atoms. The monoisotopic (exact) mass is 227 g/mol. The Kier molecular flexibility index (Phi) is 5.29. The standard InChI is InChI=1S/C13H25NO2/c1-5-13(4,16-7-3)12(14-6-2)11-9-8-10-15-11/h9,12,14H,5-8,10H2,1-4H3. The number of ether oxygens (including phenoxy) is 2. The number of hydrogen-bond donors (Lipinski definition) is 1. The van der Waals surface area contributed by atoms with Gasteiger partial charge in [0, 0.05) is 13.0 Å². The molecular formula is C13H25NO2. The summed E-state index contributed by atoms with van der Waals surface area (Å²) in [5, 5.41) is 3.48. The minimum atomic E-state index is -0.180. The number of hydrogen-bond acceptors (Lipinski definition) is 3. The molecule has 0 aromatic heterocycles. The lowest BCUT2D eigenvalue weighted by Gasteiger charge is -2.37. The van der Waals surface area contributed by atoms with Gasteiger partial charge in [-0.2, -0.15) is 0 Å². The maximum Gasteiger partial charge on any atom is 0.112 e. The van der Waals surface area contributed by atoms with Crippen LogP contribution in [0.5, 0.6) is 0 Å². The van der Waals surface area contributed by atoms with Crippen LogP contribution in [-0.4, -0.2) is 31.4 Å². The highest BCUT2D eigenvalue weighted by atomic mass is 16.5. The highest BCUT2D eigenvalue weighted by Crippen LogP contribution is 2.28. The van der Waals surface area contributed by atoms with Crippen molar-refractivity contribution >= 4 is 0 Å². The van der Waals surface area contributed by atoms with E-state index in [1.807, 2.05) is 6.92 Å². The van der Waals surface area contributed by atoms with Crippen LogP contribution in [-0.2, 0) is 9.47 Å². The lowest BCUT2D eigenvalue weighted by atomic mass is 9.91. The third kappa shape index (κ3) is 2.98. The normalized spacial score (nSPS) is 21.1. The van der Waals surface area contributed by atoms with Gasteiger partial charge in [0.15, 0.2) is 0 Å². The van der Waals surface area contributed by atoms with Crippen LogP contribution in [0.2, 0.25) is 0 Å². The molecule has 1 aliphatic heterocycles. The second kappa shape index (κ2) is 6.26. The third-order valence-electron chi connectivity index (χ3n) is 3.21. The summed E-state index contributed by atoms with van der Waals surface area (Å²) < 4.78 is 11.6. The van der Waals surface area contributed by atoms with Crippen LogP contribution in [0, 0.1) is 0 Å². The van der Waals surface area contributed by atoms with Crippen molar-refractivity contribution in [2.45, 2.75) is 52.2 Å². The average molecular weight is 227 g/mol. The quantitative estimate of drug-likeness (QED) is 0.725. The molecule has 1 rings (SSSR count). The molecule has 0 radical (unpaired) electrons. The van der Waals surface area contributed by atoms with Gasteiger partial charge in [-0.3, -0.25) is 0 Å². The van der Waals surface area contributed by atoms with Crippen molar-refractivity contribution in [1.29, 1.82) is 0 Å². The van der Waals surface area contributed by atoms with Crippen molar-refractivity contribution < 1.29 is 9.47 Å². The molecule has 94 valence electrons. The smallest absolute Gasteiger partial charge is 0.112 e. The van der Waals surface area contributed by atoms with Crippen molar-refractivity contribution in [3.05, 3.63) is 11.8 Å². The van der Waals surface area contributed by atoms with Crippen LogP contribution < -0.4 is 5.32 Å². The van der Waals surface area contributed by atoms with Gasteiger partial charge in [0.05, 0.1) is 18.2 Å². The van der Waals surface area contributed by atoms with Crippen LogP contribution in [0.25, 0.3) is 0 Å². The Morgan fingerprint density at radius 3 is 2.69 bits per heavy atom. The summed E-state index contributed by atoms with van der Waals surface area (Å²) in [7, 11) is 0. The van der Waals surface area contributed by atoms with Gasteiger partial charge in [-0.05, 0) is 32.9 Å². The molecule has 3 nitrogen and oxygen atoms in total.